The molecule has 0 saturated carbocycles. The molecule has 0 bridgehead atoms. The van der Waals surface area contributed by atoms with Gasteiger partial charge in [-0.05, 0) is 41.8 Å². The van der Waals surface area contributed by atoms with Crippen molar-refractivity contribution in [1.29, 1.82) is 5.26 Å². The van der Waals surface area contributed by atoms with Gasteiger partial charge in [0.25, 0.3) is 0 Å². The first kappa shape index (κ1) is 22.3. The molecule has 1 unspecified atom stereocenters. The predicted octanol–water partition coefficient (Wildman–Crippen LogP) is 5.10. The normalized spacial score (nSPS) is 14.6. The number of benzene rings is 3. The van der Waals surface area contributed by atoms with Gasteiger partial charge in [-0.25, -0.2) is 4.79 Å². The minimum Gasteiger partial charge on any atom is -0.482 e. The molecule has 33 heavy (non-hydrogen) atoms. The van der Waals surface area contributed by atoms with Crippen molar-refractivity contribution in [2.24, 2.45) is 5.73 Å². The van der Waals surface area contributed by atoms with Crippen LogP contribution in [0.15, 0.2) is 78.2 Å². The third-order valence-electron chi connectivity index (χ3n) is 5.30. The molecule has 3 aromatic rings. The number of rotatable bonds is 6. The summed E-state index contributed by atoms with van der Waals surface area (Å²) < 4.78 is 16.5. The monoisotopic (exact) mass is 460 g/mol. The lowest BCUT2D eigenvalue weighted by Crippen LogP contribution is -2.21. The van der Waals surface area contributed by atoms with Gasteiger partial charge in [0.05, 0.1) is 5.92 Å². The van der Waals surface area contributed by atoms with E-state index in [1.54, 1.807) is 42.5 Å². The molecule has 4 rings (SSSR count). The molecule has 0 spiro atoms. The fraction of sp³-hybridized carbons (Fsp3) is 0.154. The highest BCUT2D eigenvalue weighted by molar-refractivity contribution is 6.30. The number of aryl methyl sites for hydroxylation is 1. The first-order chi connectivity index (χ1) is 16.0. The summed E-state index contributed by atoms with van der Waals surface area (Å²) in [7, 11) is 0. The lowest BCUT2D eigenvalue weighted by molar-refractivity contribution is -0.136. The van der Waals surface area contributed by atoms with Crippen LogP contribution in [0.4, 0.5) is 0 Å². The largest absolute Gasteiger partial charge is 0.482 e. The van der Waals surface area contributed by atoms with Crippen LogP contribution in [-0.4, -0.2) is 12.6 Å². The molecule has 0 aromatic heterocycles. The maximum absolute atomic E-state index is 12.2. The summed E-state index contributed by atoms with van der Waals surface area (Å²) in [5, 5.41) is 10.2. The molecule has 0 aliphatic carbocycles. The van der Waals surface area contributed by atoms with Crippen molar-refractivity contribution in [2.75, 3.05) is 6.61 Å². The quantitative estimate of drug-likeness (QED) is 0.406. The van der Waals surface area contributed by atoms with Crippen LogP contribution in [0.2, 0.25) is 5.02 Å². The second-order valence-electron chi connectivity index (χ2n) is 7.44. The Balaban J connectivity index is 1.54. The average molecular weight is 461 g/mol. The van der Waals surface area contributed by atoms with Crippen molar-refractivity contribution in [3.8, 4) is 23.3 Å². The first-order valence-corrected chi connectivity index (χ1v) is 10.8. The van der Waals surface area contributed by atoms with Crippen molar-refractivity contribution in [3.05, 3.63) is 99.9 Å². The number of hydrogen-bond donors (Lipinski definition) is 1. The third kappa shape index (κ3) is 4.94. The fourth-order valence-corrected chi connectivity index (χ4v) is 3.83. The minimum absolute atomic E-state index is 0.0299. The van der Waals surface area contributed by atoms with E-state index < -0.39 is 5.97 Å². The molecule has 3 aromatic carbocycles. The molecule has 6 nitrogen and oxygen atoms in total. The molecule has 0 saturated heterocycles. The number of ether oxygens (including phenoxy) is 3. The van der Waals surface area contributed by atoms with E-state index in [0.29, 0.717) is 22.1 Å². The van der Waals surface area contributed by atoms with E-state index >= 15 is 0 Å². The van der Waals surface area contributed by atoms with Crippen LogP contribution in [0.5, 0.6) is 17.2 Å². The van der Waals surface area contributed by atoms with Gasteiger partial charge in [0.2, 0.25) is 5.88 Å². The van der Waals surface area contributed by atoms with Crippen molar-refractivity contribution >= 4 is 17.6 Å². The lowest BCUT2D eigenvalue weighted by atomic mass is 9.83. The maximum atomic E-state index is 12.2. The Morgan fingerprint density at radius 3 is 2.61 bits per heavy atom. The van der Waals surface area contributed by atoms with Gasteiger partial charge in [0, 0.05) is 16.7 Å². The fourth-order valence-electron chi connectivity index (χ4n) is 3.65. The van der Waals surface area contributed by atoms with E-state index in [4.69, 9.17) is 31.5 Å². The lowest BCUT2D eigenvalue weighted by Gasteiger charge is -2.26. The number of nitriles is 1. The van der Waals surface area contributed by atoms with E-state index in [-0.39, 0.29) is 24.2 Å². The number of halogens is 1. The number of allylic oxidation sites excluding steroid dienone is 1. The van der Waals surface area contributed by atoms with Crippen molar-refractivity contribution in [2.45, 2.75) is 19.3 Å². The van der Waals surface area contributed by atoms with E-state index in [9.17, 15) is 10.1 Å². The molecule has 7 heteroatoms. The average Bonchev–Trinajstić information content (AvgIpc) is 2.82. The molecule has 1 heterocycles. The van der Waals surface area contributed by atoms with Crippen LogP contribution in [0.1, 0.15) is 29.5 Å². The summed E-state index contributed by atoms with van der Waals surface area (Å²) in [6.45, 7) is 1.80. The summed E-state index contributed by atoms with van der Waals surface area (Å²) in [5.41, 5.74) is 9.29. The summed E-state index contributed by atoms with van der Waals surface area (Å²) in [4.78, 5) is 12.2. The van der Waals surface area contributed by atoms with Crippen LogP contribution in [-0.2, 0) is 11.2 Å². The van der Waals surface area contributed by atoms with Gasteiger partial charge in [-0.1, -0.05) is 54.9 Å². The number of hydrogen-bond acceptors (Lipinski definition) is 6. The summed E-state index contributed by atoms with van der Waals surface area (Å²) in [6.07, 6.45) is 0.920. The van der Waals surface area contributed by atoms with Crippen LogP contribution < -0.4 is 19.9 Å². The Bertz CT molecular complexity index is 1260. The SMILES string of the molecule is CCc1ccc(C2C(C#N)=C(N)Oc3cc(OC(=O)COc4cccc(Cl)c4)ccc32)cc1. The Labute approximate surface area is 196 Å². The topological polar surface area (TPSA) is 94.6 Å². The highest BCUT2D eigenvalue weighted by Crippen LogP contribution is 2.43. The van der Waals surface area contributed by atoms with Crippen molar-refractivity contribution < 1.29 is 19.0 Å². The molecular formula is C26H21ClN2O4. The van der Waals surface area contributed by atoms with Crippen LogP contribution >= 0.6 is 11.6 Å². The van der Waals surface area contributed by atoms with E-state index in [1.807, 2.05) is 24.3 Å². The van der Waals surface area contributed by atoms with Crippen LogP contribution in [0.25, 0.3) is 0 Å². The number of fused-ring (bicyclic) bond motifs is 1. The second kappa shape index (κ2) is 9.68. The van der Waals surface area contributed by atoms with Gasteiger partial charge >= 0.3 is 5.97 Å². The van der Waals surface area contributed by atoms with Gasteiger partial charge in [0.15, 0.2) is 6.61 Å². The molecule has 1 aliphatic rings. The van der Waals surface area contributed by atoms with Gasteiger partial charge < -0.3 is 19.9 Å². The number of nitrogens with zero attached hydrogens (tertiary/aromatic N) is 1. The summed E-state index contributed by atoms with van der Waals surface area (Å²) >= 11 is 5.92. The predicted molar refractivity (Wildman–Crippen MR) is 124 cm³/mol. The number of nitrogens with two attached hydrogens (primary N) is 1. The maximum Gasteiger partial charge on any atom is 0.349 e. The molecular weight excluding hydrogens is 440 g/mol. The highest BCUT2D eigenvalue weighted by atomic mass is 35.5. The molecule has 0 radical (unpaired) electrons. The zero-order valence-corrected chi connectivity index (χ0v) is 18.6. The summed E-state index contributed by atoms with van der Waals surface area (Å²) in [5.74, 6) is 0.243. The minimum atomic E-state index is -0.585. The zero-order chi connectivity index (χ0) is 23.4. The second-order valence-corrected chi connectivity index (χ2v) is 7.88. The zero-order valence-electron chi connectivity index (χ0n) is 17.9. The standard InChI is InChI=1S/C26H21ClN2O4/c1-2-16-6-8-17(9-7-16)25-21-11-10-20(13-23(21)33-26(29)22(25)14-28)32-24(30)15-31-19-5-3-4-18(27)12-19/h3-13,25H,2,15,29H2,1H3. The first-order valence-electron chi connectivity index (χ1n) is 10.4. The molecule has 1 atom stereocenters. The molecule has 1 aliphatic heterocycles. The van der Waals surface area contributed by atoms with Gasteiger partial charge in [-0.3, -0.25) is 0 Å². The Hall–Kier alpha value is -3.95. The van der Waals surface area contributed by atoms with Gasteiger partial charge in [0.1, 0.15) is 28.9 Å². The Kier molecular flexibility index (Phi) is 6.53. The molecule has 0 fully saturated rings. The van der Waals surface area contributed by atoms with Crippen LogP contribution in [0.3, 0.4) is 0 Å². The van der Waals surface area contributed by atoms with Crippen molar-refractivity contribution in [3.63, 3.8) is 0 Å². The smallest absolute Gasteiger partial charge is 0.349 e. The van der Waals surface area contributed by atoms with E-state index in [2.05, 4.69) is 13.0 Å². The van der Waals surface area contributed by atoms with Crippen LogP contribution in [0, 0.1) is 11.3 Å². The number of carbonyl (C=O) groups is 1. The highest BCUT2D eigenvalue weighted by Gasteiger charge is 2.31. The molecule has 166 valence electrons. The molecule has 2 N–H and O–H groups in total. The van der Waals surface area contributed by atoms with E-state index in [1.165, 1.54) is 5.56 Å². The molecule has 0 amide bonds. The summed E-state index contributed by atoms with van der Waals surface area (Å²) in [6, 6.07) is 22.0. The number of esters is 1. The Morgan fingerprint density at radius 1 is 1.12 bits per heavy atom. The Morgan fingerprint density at radius 2 is 1.91 bits per heavy atom. The van der Waals surface area contributed by atoms with Gasteiger partial charge in [-0.15, -0.1) is 0 Å². The van der Waals surface area contributed by atoms with Crippen molar-refractivity contribution in [1.82, 2.24) is 0 Å². The number of carbonyl (C=O) groups excluding carboxylic acids is 1. The van der Waals surface area contributed by atoms with Gasteiger partial charge in [-0.2, -0.15) is 5.26 Å². The third-order valence-corrected chi connectivity index (χ3v) is 5.53. The van der Waals surface area contributed by atoms with E-state index in [0.717, 1.165) is 17.5 Å².